The van der Waals surface area contributed by atoms with Crippen molar-refractivity contribution in [2.75, 3.05) is 6.61 Å². The molecular weight excluding hydrogens is 176 g/mol. The van der Waals surface area contributed by atoms with Gasteiger partial charge in [0, 0.05) is 11.8 Å². The van der Waals surface area contributed by atoms with Crippen LogP contribution in [-0.4, -0.2) is 17.6 Å². The average Bonchev–Trinajstić information content (AvgIpc) is 2.16. The van der Waals surface area contributed by atoms with Gasteiger partial charge < -0.3 is 10.5 Å². The van der Waals surface area contributed by atoms with Gasteiger partial charge in [-0.1, -0.05) is 11.8 Å². The lowest BCUT2D eigenvalue weighted by Crippen LogP contribution is -2.10. The fourth-order valence-electron chi connectivity index (χ4n) is 0.930. The zero-order valence-corrected chi connectivity index (χ0v) is 8.45. The van der Waals surface area contributed by atoms with E-state index >= 15 is 0 Å². The van der Waals surface area contributed by atoms with Crippen molar-refractivity contribution in [1.82, 2.24) is 4.98 Å². The standard InChI is InChI=1S/C11H14N2O/c1-3-14-11-6-10(7-13-8-11)5-4-9(2)12/h6-9H,3,12H2,1-2H3. The number of hydrogen-bond donors (Lipinski definition) is 1. The molecule has 3 nitrogen and oxygen atoms in total. The van der Waals surface area contributed by atoms with Crippen LogP contribution in [0.3, 0.4) is 0 Å². The number of aromatic nitrogens is 1. The summed E-state index contributed by atoms with van der Waals surface area (Å²) in [5.41, 5.74) is 6.34. The molecule has 3 heteroatoms. The average molecular weight is 190 g/mol. The van der Waals surface area contributed by atoms with E-state index in [0.717, 1.165) is 11.3 Å². The van der Waals surface area contributed by atoms with Gasteiger partial charge in [-0.05, 0) is 19.9 Å². The summed E-state index contributed by atoms with van der Waals surface area (Å²) < 4.78 is 5.29. The summed E-state index contributed by atoms with van der Waals surface area (Å²) in [5.74, 6) is 6.53. The van der Waals surface area contributed by atoms with Crippen LogP contribution < -0.4 is 10.5 Å². The number of ether oxygens (including phenoxy) is 1. The topological polar surface area (TPSA) is 48.1 Å². The van der Waals surface area contributed by atoms with Gasteiger partial charge in [0.25, 0.3) is 0 Å². The zero-order valence-electron chi connectivity index (χ0n) is 8.45. The normalized spacial score (nSPS) is 11.4. The minimum absolute atomic E-state index is 0.120. The molecule has 0 fully saturated rings. The molecule has 1 unspecified atom stereocenters. The Labute approximate surface area is 84.3 Å². The van der Waals surface area contributed by atoms with E-state index in [-0.39, 0.29) is 6.04 Å². The molecule has 2 N–H and O–H groups in total. The van der Waals surface area contributed by atoms with E-state index in [1.165, 1.54) is 0 Å². The highest BCUT2D eigenvalue weighted by molar-refractivity contribution is 5.37. The maximum Gasteiger partial charge on any atom is 0.138 e. The van der Waals surface area contributed by atoms with Gasteiger partial charge in [-0.2, -0.15) is 0 Å². The zero-order chi connectivity index (χ0) is 10.4. The Morgan fingerprint density at radius 1 is 1.57 bits per heavy atom. The summed E-state index contributed by atoms with van der Waals surface area (Å²) in [4.78, 5) is 4.01. The third-order valence-corrected chi connectivity index (χ3v) is 1.47. The van der Waals surface area contributed by atoms with Gasteiger partial charge in [-0.3, -0.25) is 4.98 Å². The molecule has 1 heterocycles. The Balaban J connectivity index is 2.79. The van der Waals surface area contributed by atoms with Crippen molar-refractivity contribution in [3.63, 3.8) is 0 Å². The SMILES string of the molecule is CCOc1cncc(C#CC(C)N)c1. The van der Waals surface area contributed by atoms with E-state index in [1.807, 2.05) is 19.9 Å². The van der Waals surface area contributed by atoms with E-state index in [9.17, 15) is 0 Å². The van der Waals surface area contributed by atoms with Gasteiger partial charge in [0.15, 0.2) is 0 Å². The molecule has 1 aromatic rings. The van der Waals surface area contributed by atoms with Crippen LogP contribution in [0.25, 0.3) is 0 Å². The molecule has 0 aliphatic carbocycles. The molecule has 0 aromatic carbocycles. The van der Waals surface area contributed by atoms with E-state index in [2.05, 4.69) is 16.8 Å². The molecule has 14 heavy (non-hydrogen) atoms. The van der Waals surface area contributed by atoms with Gasteiger partial charge in [-0.15, -0.1) is 0 Å². The number of nitrogens with two attached hydrogens (primary N) is 1. The first kappa shape index (κ1) is 10.6. The first-order valence-electron chi connectivity index (χ1n) is 4.57. The minimum atomic E-state index is -0.120. The molecule has 0 amide bonds. The monoisotopic (exact) mass is 190 g/mol. The van der Waals surface area contributed by atoms with Crippen LogP contribution in [0.15, 0.2) is 18.5 Å². The van der Waals surface area contributed by atoms with Crippen LogP contribution in [0.1, 0.15) is 19.4 Å². The third-order valence-electron chi connectivity index (χ3n) is 1.47. The van der Waals surface area contributed by atoms with Crippen molar-refractivity contribution >= 4 is 0 Å². The van der Waals surface area contributed by atoms with E-state index in [1.54, 1.807) is 12.4 Å². The Morgan fingerprint density at radius 3 is 3.00 bits per heavy atom. The van der Waals surface area contributed by atoms with Gasteiger partial charge in [0.05, 0.1) is 18.8 Å². The van der Waals surface area contributed by atoms with Crippen molar-refractivity contribution in [1.29, 1.82) is 0 Å². The molecular formula is C11H14N2O. The first-order valence-corrected chi connectivity index (χ1v) is 4.57. The minimum Gasteiger partial charge on any atom is -0.492 e. The Kier molecular flexibility index (Phi) is 3.96. The van der Waals surface area contributed by atoms with Crippen molar-refractivity contribution in [2.45, 2.75) is 19.9 Å². The van der Waals surface area contributed by atoms with Crippen molar-refractivity contribution in [3.8, 4) is 17.6 Å². The van der Waals surface area contributed by atoms with Crippen molar-refractivity contribution in [3.05, 3.63) is 24.0 Å². The van der Waals surface area contributed by atoms with Crippen LogP contribution in [0.4, 0.5) is 0 Å². The molecule has 0 radical (unpaired) electrons. The molecule has 0 aliphatic heterocycles. The highest BCUT2D eigenvalue weighted by atomic mass is 16.5. The van der Waals surface area contributed by atoms with Crippen LogP contribution >= 0.6 is 0 Å². The third kappa shape index (κ3) is 3.46. The van der Waals surface area contributed by atoms with Gasteiger partial charge >= 0.3 is 0 Å². The fraction of sp³-hybridized carbons (Fsp3) is 0.364. The number of rotatable bonds is 2. The summed E-state index contributed by atoms with van der Waals surface area (Å²) in [6, 6.07) is 1.73. The summed E-state index contributed by atoms with van der Waals surface area (Å²) in [6.45, 7) is 4.40. The lowest BCUT2D eigenvalue weighted by Gasteiger charge is -2.01. The first-order chi connectivity index (χ1) is 6.72. The summed E-state index contributed by atoms with van der Waals surface area (Å²) in [7, 11) is 0. The van der Waals surface area contributed by atoms with Crippen LogP contribution in [0.5, 0.6) is 5.75 Å². The molecule has 1 aromatic heterocycles. The molecule has 74 valence electrons. The second-order valence-electron chi connectivity index (χ2n) is 2.90. The quantitative estimate of drug-likeness (QED) is 0.712. The molecule has 1 atom stereocenters. The summed E-state index contributed by atoms with van der Waals surface area (Å²) in [6.07, 6.45) is 3.36. The largest absolute Gasteiger partial charge is 0.492 e. The molecule has 0 bridgehead atoms. The number of nitrogens with zero attached hydrogens (tertiary/aromatic N) is 1. The predicted molar refractivity (Wildman–Crippen MR) is 55.9 cm³/mol. The molecule has 0 spiro atoms. The van der Waals surface area contributed by atoms with Gasteiger partial charge in [0.2, 0.25) is 0 Å². The second kappa shape index (κ2) is 5.25. The second-order valence-corrected chi connectivity index (χ2v) is 2.90. The Hall–Kier alpha value is -1.53. The lowest BCUT2D eigenvalue weighted by molar-refractivity contribution is 0.339. The summed E-state index contributed by atoms with van der Waals surface area (Å²) in [5, 5.41) is 0. The van der Waals surface area contributed by atoms with Gasteiger partial charge in [0.1, 0.15) is 5.75 Å². The van der Waals surface area contributed by atoms with E-state index < -0.39 is 0 Å². The van der Waals surface area contributed by atoms with Crippen molar-refractivity contribution < 1.29 is 4.74 Å². The molecule has 1 rings (SSSR count). The van der Waals surface area contributed by atoms with Gasteiger partial charge in [-0.25, -0.2) is 0 Å². The van der Waals surface area contributed by atoms with Crippen molar-refractivity contribution in [2.24, 2.45) is 5.73 Å². The van der Waals surface area contributed by atoms with Crippen LogP contribution in [-0.2, 0) is 0 Å². The molecule has 0 saturated carbocycles. The van der Waals surface area contributed by atoms with Crippen LogP contribution in [0, 0.1) is 11.8 Å². The van der Waals surface area contributed by atoms with E-state index in [4.69, 9.17) is 10.5 Å². The number of pyridine rings is 1. The highest BCUT2D eigenvalue weighted by Gasteiger charge is 1.93. The maximum absolute atomic E-state index is 5.51. The fourth-order valence-corrected chi connectivity index (χ4v) is 0.930. The van der Waals surface area contributed by atoms with E-state index in [0.29, 0.717) is 6.61 Å². The lowest BCUT2D eigenvalue weighted by atomic mass is 10.2. The predicted octanol–water partition coefficient (Wildman–Crippen LogP) is 1.18. The Morgan fingerprint density at radius 2 is 2.36 bits per heavy atom. The summed E-state index contributed by atoms with van der Waals surface area (Å²) >= 11 is 0. The van der Waals surface area contributed by atoms with Crippen LogP contribution in [0.2, 0.25) is 0 Å². The highest BCUT2D eigenvalue weighted by Crippen LogP contribution is 2.09. The number of hydrogen-bond acceptors (Lipinski definition) is 3. The molecule has 0 aliphatic rings. The smallest absolute Gasteiger partial charge is 0.138 e. The molecule has 0 saturated heterocycles. The Bertz CT molecular complexity index is 350. The maximum atomic E-state index is 5.51.